The minimum absolute atomic E-state index is 0.239. The fourth-order valence-corrected chi connectivity index (χ4v) is 3.34. The van der Waals surface area contributed by atoms with Crippen molar-refractivity contribution in [1.29, 1.82) is 0 Å². The maximum atomic E-state index is 9.03. The van der Waals surface area contributed by atoms with Crippen molar-refractivity contribution in [2.24, 2.45) is 4.99 Å². The van der Waals surface area contributed by atoms with E-state index < -0.39 is 0 Å². The monoisotopic (exact) mass is 336 g/mol. The standard InChI is InChI=1S/C21H40N2O/c1-2-3-4-5-6-7-8-9-10-11-12-13-14-15-16-21-22-17-18-23(21)19-20-24/h10-11,17,21,24H,2-9,12-16,18-20H2,1H3/b11-10+. The lowest BCUT2D eigenvalue weighted by molar-refractivity contribution is 0.176. The van der Waals surface area contributed by atoms with Crippen molar-refractivity contribution in [3.05, 3.63) is 12.2 Å². The Balaban J connectivity index is 1.84. The molecule has 0 radical (unpaired) electrons. The zero-order valence-electron chi connectivity index (χ0n) is 16.0. The molecule has 0 bridgehead atoms. The van der Waals surface area contributed by atoms with Crippen LogP contribution < -0.4 is 0 Å². The highest BCUT2D eigenvalue weighted by Crippen LogP contribution is 2.15. The SMILES string of the molecule is CCCCCCCCC/C=C/CCCCCC1N=CCN1CCO. The first-order valence-corrected chi connectivity index (χ1v) is 10.4. The summed E-state index contributed by atoms with van der Waals surface area (Å²) in [5.74, 6) is 0. The number of rotatable bonds is 16. The van der Waals surface area contributed by atoms with Gasteiger partial charge in [0.1, 0.15) is 6.17 Å². The van der Waals surface area contributed by atoms with Gasteiger partial charge in [-0.1, -0.05) is 64.0 Å². The van der Waals surface area contributed by atoms with Crippen molar-refractivity contribution in [3.8, 4) is 0 Å². The molecule has 0 fully saturated rings. The van der Waals surface area contributed by atoms with Crippen LogP contribution in [0.4, 0.5) is 0 Å². The van der Waals surface area contributed by atoms with Crippen molar-refractivity contribution in [2.45, 2.75) is 96.6 Å². The molecule has 1 atom stereocenters. The maximum absolute atomic E-state index is 9.03. The van der Waals surface area contributed by atoms with Gasteiger partial charge in [0, 0.05) is 19.3 Å². The number of aliphatic hydroxyl groups is 1. The summed E-state index contributed by atoms with van der Waals surface area (Å²) in [5, 5.41) is 9.03. The molecule has 0 saturated carbocycles. The Hall–Kier alpha value is -0.670. The first kappa shape index (κ1) is 21.4. The molecule has 0 aromatic carbocycles. The third-order valence-corrected chi connectivity index (χ3v) is 4.88. The van der Waals surface area contributed by atoms with Gasteiger partial charge in [-0.15, -0.1) is 0 Å². The summed E-state index contributed by atoms with van der Waals surface area (Å²) in [6.45, 7) is 4.18. The first-order valence-electron chi connectivity index (χ1n) is 10.4. The van der Waals surface area contributed by atoms with Crippen LogP contribution >= 0.6 is 0 Å². The van der Waals surface area contributed by atoms with Crippen molar-refractivity contribution in [3.63, 3.8) is 0 Å². The van der Waals surface area contributed by atoms with E-state index in [9.17, 15) is 0 Å². The van der Waals surface area contributed by atoms with E-state index in [1.165, 1.54) is 77.0 Å². The van der Waals surface area contributed by atoms with Crippen molar-refractivity contribution in [1.82, 2.24) is 4.90 Å². The Morgan fingerprint density at radius 3 is 2.25 bits per heavy atom. The van der Waals surface area contributed by atoms with Crippen LogP contribution in [0.3, 0.4) is 0 Å². The van der Waals surface area contributed by atoms with Gasteiger partial charge in [0.05, 0.1) is 6.61 Å². The molecule has 0 aromatic rings. The molecule has 140 valence electrons. The van der Waals surface area contributed by atoms with Gasteiger partial charge in [0.25, 0.3) is 0 Å². The lowest BCUT2D eigenvalue weighted by Gasteiger charge is -2.21. The highest BCUT2D eigenvalue weighted by Gasteiger charge is 2.19. The van der Waals surface area contributed by atoms with E-state index in [0.717, 1.165) is 19.5 Å². The van der Waals surface area contributed by atoms with Gasteiger partial charge in [-0.2, -0.15) is 0 Å². The van der Waals surface area contributed by atoms with Gasteiger partial charge < -0.3 is 5.11 Å². The van der Waals surface area contributed by atoms with Crippen LogP contribution in [0.25, 0.3) is 0 Å². The molecule has 24 heavy (non-hydrogen) atoms. The Morgan fingerprint density at radius 1 is 0.958 bits per heavy atom. The molecule has 0 aromatic heterocycles. The molecule has 0 saturated heterocycles. The highest BCUT2D eigenvalue weighted by molar-refractivity contribution is 5.62. The number of allylic oxidation sites excluding steroid dienone is 2. The quantitative estimate of drug-likeness (QED) is 0.305. The molecule has 1 N–H and O–H groups in total. The smallest absolute Gasteiger partial charge is 0.102 e. The molecule has 1 unspecified atom stereocenters. The van der Waals surface area contributed by atoms with E-state index in [1.807, 2.05) is 6.21 Å². The van der Waals surface area contributed by atoms with Crippen LogP contribution in [0, 0.1) is 0 Å². The first-order chi connectivity index (χ1) is 11.9. The predicted molar refractivity (Wildman–Crippen MR) is 106 cm³/mol. The molecule has 0 spiro atoms. The second-order valence-corrected chi connectivity index (χ2v) is 7.05. The Labute approximate surface area is 150 Å². The molecule has 3 nitrogen and oxygen atoms in total. The van der Waals surface area contributed by atoms with Crippen molar-refractivity contribution < 1.29 is 5.11 Å². The normalized spacial score (nSPS) is 18.2. The van der Waals surface area contributed by atoms with E-state index in [1.54, 1.807) is 0 Å². The van der Waals surface area contributed by atoms with Crippen molar-refractivity contribution >= 4 is 6.21 Å². The highest BCUT2D eigenvalue weighted by atomic mass is 16.3. The predicted octanol–water partition coefficient (Wildman–Crippen LogP) is 5.34. The lowest BCUT2D eigenvalue weighted by Crippen LogP contribution is -2.32. The van der Waals surface area contributed by atoms with Gasteiger partial charge >= 0.3 is 0 Å². The largest absolute Gasteiger partial charge is 0.395 e. The third kappa shape index (κ3) is 11.0. The number of hydrogen-bond donors (Lipinski definition) is 1. The minimum atomic E-state index is 0.239. The van der Waals surface area contributed by atoms with Gasteiger partial charge in [0.15, 0.2) is 0 Å². The van der Waals surface area contributed by atoms with Gasteiger partial charge in [-0.05, 0) is 38.5 Å². The molecular formula is C21H40N2O. The van der Waals surface area contributed by atoms with Crippen LogP contribution in [-0.4, -0.2) is 42.1 Å². The summed E-state index contributed by atoms with van der Waals surface area (Å²) >= 11 is 0. The Kier molecular flexibility index (Phi) is 14.1. The van der Waals surface area contributed by atoms with Gasteiger partial charge in [0.2, 0.25) is 0 Å². The third-order valence-electron chi connectivity index (χ3n) is 4.88. The summed E-state index contributed by atoms with van der Waals surface area (Å²) in [6.07, 6.45) is 24.3. The number of nitrogens with zero attached hydrogens (tertiary/aromatic N) is 2. The molecule has 3 heteroatoms. The average molecular weight is 337 g/mol. The topological polar surface area (TPSA) is 35.8 Å². The fraction of sp³-hybridized carbons (Fsp3) is 0.857. The molecule has 0 amide bonds. The van der Waals surface area contributed by atoms with Crippen LogP contribution in [0.15, 0.2) is 17.1 Å². The summed E-state index contributed by atoms with van der Waals surface area (Å²) in [4.78, 5) is 6.78. The van der Waals surface area contributed by atoms with Gasteiger partial charge in [-0.25, -0.2) is 0 Å². The molecule has 1 aliphatic heterocycles. The summed E-state index contributed by atoms with van der Waals surface area (Å²) < 4.78 is 0. The number of aliphatic hydroxyl groups excluding tert-OH is 1. The van der Waals surface area contributed by atoms with Crippen molar-refractivity contribution in [2.75, 3.05) is 19.7 Å². The number of hydrogen-bond acceptors (Lipinski definition) is 3. The summed E-state index contributed by atoms with van der Waals surface area (Å²) in [7, 11) is 0. The van der Waals surface area contributed by atoms with Crippen LogP contribution in [0.1, 0.15) is 90.4 Å². The molecule has 1 heterocycles. The Morgan fingerprint density at radius 2 is 1.58 bits per heavy atom. The van der Waals surface area contributed by atoms with E-state index in [0.29, 0.717) is 6.17 Å². The number of unbranched alkanes of at least 4 members (excludes halogenated alkanes) is 10. The molecule has 1 aliphatic rings. The molecular weight excluding hydrogens is 296 g/mol. The fourth-order valence-electron chi connectivity index (χ4n) is 3.34. The summed E-state index contributed by atoms with van der Waals surface area (Å²) in [5.41, 5.74) is 0. The zero-order valence-corrected chi connectivity index (χ0v) is 16.0. The zero-order chi connectivity index (χ0) is 17.3. The van der Waals surface area contributed by atoms with E-state index in [2.05, 4.69) is 29.0 Å². The maximum Gasteiger partial charge on any atom is 0.102 e. The molecule has 1 rings (SSSR count). The summed E-state index contributed by atoms with van der Waals surface area (Å²) in [6, 6.07) is 0. The second kappa shape index (κ2) is 15.8. The number of aliphatic imine (C=N–C) groups is 1. The Bertz CT molecular complexity index is 328. The van der Waals surface area contributed by atoms with E-state index in [-0.39, 0.29) is 6.61 Å². The van der Waals surface area contributed by atoms with E-state index in [4.69, 9.17) is 5.11 Å². The average Bonchev–Trinajstić information content (AvgIpc) is 3.03. The van der Waals surface area contributed by atoms with Crippen LogP contribution in [0.5, 0.6) is 0 Å². The van der Waals surface area contributed by atoms with Gasteiger partial charge in [-0.3, -0.25) is 9.89 Å². The van der Waals surface area contributed by atoms with Crippen LogP contribution in [-0.2, 0) is 0 Å². The molecule has 0 aliphatic carbocycles. The lowest BCUT2D eigenvalue weighted by atomic mass is 10.1. The van der Waals surface area contributed by atoms with Crippen LogP contribution in [0.2, 0.25) is 0 Å². The van der Waals surface area contributed by atoms with E-state index >= 15 is 0 Å². The second-order valence-electron chi connectivity index (χ2n) is 7.05. The minimum Gasteiger partial charge on any atom is -0.395 e. The number of β-amino-alcohol motifs (C(OH)–C–C–N with tert-alkyl or cyclic N) is 1.